The minimum atomic E-state index is -3.77. The van der Waals surface area contributed by atoms with E-state index >= 15 is 0 Å². The van der Waals surface area contributed by atoms with Crippen molar-refractivity contribution >= 4 is 15.7 Å². The fraction of sp³-hybridized carbons (Fsp3) is 0.500. The Morgan fingerprint density at radius 1 is 1.25 bits per heavy atom. The van der Waals surface area contributed by atoms with Crippen LogP contribution in [0.15, 0.2) is 17.0 Å². The number of nitrogen functional groups attached to an aromatic ring is 1. The normalized spacial score (nSPS) is 12.2. The van der Waals surface area contributed by atoms with Gasteiger partial charge in [-0.1, -0.05) is 0 Å². The van der Waals surface area contributed by atoms with Gasteiger partial charge in [-0.3, -0.25) is 0 Å². The minimum absolute atomic E-state index is 0.0490. The van der Waals surface area contributed by atoms with Crippen LogP contribution in [-0.4, -0.2) is 59.0 Å². The van der Waals surface area contributed by atoms with Crippen molar-refractivity contribution in [1.29, 1.82) is 0 Å². The molecule has 0 fully saturated rings. The molecule has 1 rings (SSSR count). The number of benzene rings is 1. The summed E-state index contributed by atoms with van der Waals surface area (Å²) in [4.78, 5) is 1.67. The van der Waals surface area contributed by atoms with Crippen molar-refractivity contribution in [3.05, 3.63) is 17.9 Å². The molecule has 0 saturated heterocycles. The number of nitrogens with zero attached hydrogens (tertiary/aromatic N) is 2. The second-order valence-corrected chi connectivity index (χ2v) is 6.70. The van der Waals surface area contributed by atoms with Gasteiger partial charge in [0.25, 0.3) is 0 Å². The lowest BCUT2D eigenvalue weighted by atomic mass is 10.3. The van der Waals surface area contributed by atoms with E-state index in [0.29, 0.717) is 13.1 Å². The first-order valence-corrected chi connectivity index (χ1v) is 7.38. The van der Waals surface area contributed by atoms with Gasteiger partial charge in [-0.15, -0.1) is 0 Å². The third-order valence-electron chi connectivity index (χ3n) is 2.82. The van der Waals surface area contributed by atoms with E-state index in [9.17, 15) is 12.8 Å². The Hall–Kier alpha value is -1.38. The van der Waals surface area contributed by atoms with Crippen LogP contribution in [0.4, 0.5) is 10.1 Å². The van der Waals surface area contributed by atoms with E-state index < -0.39 is 15.8 Å². The van der Waals surface area contributed by atoms with Crippen LogP contribution in [0, 0.1) is 5.82 Å². The van der Waals surface area contributed by atoms with E-state index in [1.165, 1.54) is 20.2 Å². The molecule has 0 aliphatic heterocycles. The largest absolute Gasteiger partial charge is 0.492 e. The molecular formula is C12H20FN3O3S. The zero-order valence-electron chi connectivity index (χ0n) is 12.1. The summed E-state index contributed by atoms with van der Waals surface area (Å²) in [6.07, 6.45) is 0. The zero-order valence-corrected chi connectivity index (χ0v) is 12.9. The molecule has 8 heteroatoms. The second-order valence-electron chi connectivity index (χ2n) is 4.66. The number of likely N-dealkylation sites (N-methyl/N-ethyl adjacent to an activating group) is 2. The maximum absolute atomic E-state index is 13.7. The number of anilines is 1. The van der Waals surface area contributed by atoms with Gasteiger partial charge in [0, 0.05) is 20.1 Å². The number of rotatable bonds is 6. The molecule has 0 atom stereocenters. The molecule has 0 spiro atoms. The quantitative estimate of drug-likeness (QED) is 0.779. The van der Waals surface area contributed by atoms with Crippen LogP contribution in [0.25, 0.3) is 0 Å². The first-order valence-electron chi connectivity index (χ1n) is 5.94. The van der Waals surface area contributed by atoms with Crippen molar-refractivity contribution in [1.82, 2.24) is 9.21 Å². The van der Waals surface area contributed by atoms with Crippen molar-refractivity contribution in [3.8, 4) is 5.75 Å². The summed E-state index contributed by atoms with van der Waals surface area (Å²) >= 11 is 0. The van der Waals surface area contributed by atoms with Crippen LogP contribution in [0.5, 0.6) is 5.75 Å². The predicted octanol–water partition coefficient (Wildman–Crippen LogP) is 0.599. The fourth-order valence-corrected chi connectivity index (χ4v) is 2.80. The molecule has 0 saturated carbocycles. The van der Waals surface area contributed by atoms with Crippen molar-refractivity contribution < 1.29 is 17.5 Å². The number of halogens is 1. The Labute approximate surface area is 119 Å². The maximum atomic E-state index is 13.7. The van der Waals surface area contributed by atoms with Crippen LogP contribution in [0.1, 0.15) is 0 Å². The summed E-state index contributed by atoms with van der Waals surface area (Å²) < 4.78 is 44.2. The molecular weight excluding hydrogens is 285 g/mol. The van der Waals surface area contributed by atoms with E-state index in [-0.39, 0.29) is 16.3 Å². The lowest BCUT2D eigenvalue weighted by Crippen LogP contribution is -2.33. The highest BCUT2D eigenvalue weighted by Crippen LogP contribution is 2.29. The highest BCUT2D eigenvalue weighted by atomic mass is 32.2. The molecule has 0 unspecified atom stereocenters. The molecule has 20 heavy (non-hydrogen) atoms. The molecule has 0 aliphatic rings. The number of nitrogens with two attached hydrogens (primary N) is 1. The van der Waals surface area contributed by atoms with E-state index in [4.69, 9.17) is 10.5 Å². The number of methoxy groups -OCH3 is 1. The van der Waals surface area contributed by atoms with E-state index in [1.54, 1.807) is 0 Å². The first kappa shape index (κ1) is 16.7. The molecule has 0 heterocycles. The predicted molar refractivity (Wildman–Crippen MR) is 75.7 cm³/mol. The number of hydrogen-bond donors (Lipinski definition) is 1. The standard InChI is InChI=1S/C12H20FN3O3S/c1-15(2)5-6-16(3)20(17,18)9-7-10(13)12(19-4)11(14)8-9/h7-8H,5-6,14H2,1-4H3. The third kappa shape index (κ3) is 3.59. The minimum Gasteiger partial charge on any atom is -0.492 e. The van der Waals surface area contributed by atoms with Gasteiger partial charge >= 0.3 is 0 Å². The Morgan fingerprint density at radius 2 is 1.85 bits per heavy atom. The third-order valence-corrected chi connectivity index (χ3v) is 4.65. The molecule has 6 nitrogen and oxygen atoms in total. The Bertz CT molecular complexity index is 552. The fourth-order valence-electron chi connectivity index (χ4n) is 1.59. The van der Waals surface area contributed by atoms with Gasteiger partial charge in [0.05, 0.1) is 17.7 Å². The molecule has 114 valence electrons. The average Bonchev–Trinajstić information content (AvgIpc) is 2.35. The van der Waals surface area contributed by atoms with Gasteiger partial charge < -0.3 is 15.4 Å². The molecule has 0 bridgehead atoms. The van der Waals surface area contributed by atoms with E-state index in [2.05, 4.69) is 0 Å². The van der Waals surface area contributed by atoms with Crippen LogP contribution < -0.4 is 10.5 Å². The molecule has 2 N–H and O–H groups in total. The smallest absolute Gasteiger partial charge is 0.243 e. The van der Waals surface area contributed by atoms with Gasteiger partial charge in [0.1, 0.15) is 0 Å². The Kier molecular flexibility index (Phi) is 5.32. The second kappa shape index (κ2) is 6.38. The van der Waals surface area contributed by atoms with Crippen LogP contribution in [0.3, 0.4) is 0 Å². The van der Waals surface area contributed by atoms with Gasteiger partial charge in [0.15, 0.2) is 11.6 Å². The van der Waals surface area contributed by atoms with Gasteiger partial charge in [-0.05, 0) is 26.2 Å². The lowest BCUT2D eigenvalue weighted by Gasteiger charge is -2.20. The van der Waals surface area contributed by atoms with Crippen LogP contribution in [-0.2, 0) is 10.0 Å². The van der Waals surface area contributed by atoms with Crippen molar-refractivity contribution in [2.24, 2.45) is 0 Å². The molecule has 0 aliphatic carbocycles. The summed E-state index contributed by atoms with van der Waals surface area (Å²) in [5.74, 6) is -0.952. The number of ether oxygens (including phenoxy) is 1. The average molecular weight is 305 g/mol. The summed E-state index contributed by atoms with van der Waals surface area (Å²) in [7, 11) is 2.62. The maximum Gasteiger partial charge on any atom is 0.243 e. The number of sulfonamides is 1. The van der Waals surface area contributed by atoms with Gasteiger partial charge in [-0.25, -0.2) is 12.8 Å². The molecule has 0 amide bonds. The Balaban J connectivity index is 3.10. The summed E-state index contributed by atoms with van der Waals surface area (Å²) in [5, 5.41) is 0. The van der Waals surface area contributed by atoms with Crippen molar-refractivity contribution in [2.75, 3.05) is 47.1 Å². The van der Waals surface area contributed by atoms with Crippen LogP contribution in [0.2, 0.25) is 0 Å². The van der Waals surface area contributed by atoms with E-state index in [1.807, 2.05) is 19.0 Å². The van der Waals surface area contributed by atoms with Crippen molar-refractivity contribution in [2.45, 2.75) is 4.90 Å². The molecule has 0 aromatic heterocycles. The summed E-state index contributed by atoms with van der Waals surface area (Å²) in [6.45, 7) is 0.854. The van der Waals surface area contributed by atoms with E-state index in [0.717, 1.165) is 10.4 Å². The summed E-state index contributed by atoms with van der Waals surface area (Å²) in [6, 6.07) is 2.11. The molecule has 1 aromatic carbocycles. The Morgan fingerprint density at radius 3 is 2.30 bits per heavy atom. The molecule has 1 aromatic rings. The SMILES string of the molecule is COc1c(N)cc(S(=O)(=O)N(C)CCN(C)C)cc1F. The monoisotopic (exact) mass is 305 g/mol. The number of hydrogen-bond acceptors (Lipinski definition) is 5. The summed E-state index contributed by atoms with van der Waals surface area (Å²) in [5.41, 5.74) is 5.55. The molecule has 0 radical (unpaired) electrons. The lowest BCUT2D eigenvalue weighted by molar-refractivity contribution is 0.358. The highest BCUT2D eigenvalue weighted by molar-refractivity contribution is 7.89. The van der Waals surface area contributed by atoms with Crippen LogP contribution >= 0.6 is 0 Å². The highest BCUT2D eigenvalue weighted by Gasteiger charge is 2.23. The zero-order chi connectivity index (χ0) is 15.5. The van der Waals surface area contributed by atoms with Crippen molar-refractivity contribution in [3.63, 3.8) is 0 Å². The van der Waals surface area contributed by atoms with Gasteiger partial charge in [-0.2, -0.15) is 4.31 Å². The van der Waals surface area contributed by atoms with Gasteiger partial charge in [0.2, 0.25) is 10.0 Å². The first-order chi connectivity index (χ1) is 9.20. The topological polar surface area (TPSA) is 75.9 Å².